The van der Waals surface area contributed by atoms with E-state index in [9.17, 15) is 14.4 Å². The van der Waals surface area contributed by atoms with Gasteiger partial charge in [-0.1, -0.05) is 45.2 Å². The monoisotopic (exact) mass is 322 g/mol. The maximum absolute atomic E-state index is 12.0. The predicted molar refractivity (Wildman–Crippen MR) is 83.5 cm³/mol. The maximum Gasteiger partial charge on any atom is 0.513 e. The van der Waals surface area contributed by atoms with Gasteiger partial charge in [0.25, 0.3) is 0 Å². The number of hydrogen-bond donors (Lipinski definition) is 1. The molecule has 0 saturated carbocycles. The van der Waals surface area contributed by atoms with E-state index in [1.807, 2.05) is 0 Å². The van der Waals surface area contributed by atoms with Crippen molar-refractivity contribution in [2.45, 2.75) is 39.5 Å². The molecule has 0 amide bonds. The molecule has 1 rings (SSSR count). The zero-order valence-electron chi connectivity index (χ0n) is 13.4. The van der Waals surface area contributed by atoms with Crippen LogP contribution in [-0.2, 0) is 9.47 Å². The van der Waals surface area contributed by atoms with Gasteiger partial charge in [0, 0.05) is 0 Å². The quantitative estimate of drug-likeness (QED) is 0.443. The molecule has 0 aromatic heterocycles. The number of esters is 2. The van der Waals surface area contributed by atoms with E-state index < -0.39 is 18.1 Å². The largest absolute Gasteiger partial charge is 0.513 e. The van der Waals surface area contributed by atoms with E-state index in [0.29, 0.717) is 5.92 Å². The average Bonchev–Trinajstić information content (AvgIpc) is 2.49. The summed E-state index contributed by atoms with van der Waals surface area (Å²) in [4.78, 5) is 34.1. The Morgan fingerprint density at radius 1 is 1.00 bits per heavy atom. The van der Waals surface area contributed by atoms with Gasteiger partial charge in [-0.05, 0) is 24.5 Å². The van der Waals surface area contributed by atoms with Gasteiger partial charge in [0.1, 0.15) is 0 Å². The van der Waals surface area contributed by atoms with Crippen LogP contribution < -0.4 is 0 Å². The van der Waals surface area contributed by atoms with Gasteiger partial charge in [-0.15, -0.1) is 0 Å². The van der Waals surface area contributed by atoms with Crippen LogP contribution in [0, 0.1) is 5.92 Å². The van der Waals surface area contributed by atoms with E-state index in [4.69, 9.17) is 9.84 Å². The first-order chi connectivity index (χ1) is 10.9. The lowest BCUT2D eigenvalue weighted by atomic mass is 10.1. The van der Waals surface area contributed by atoms with Crippen molar-refractivity contribution in [3.05, 3.63) is 35.4 Å². The average molecular weight is 322 g/mol. The molecule has 0 bridgehead atoms. The summed E-state index contributed by atoms with van der Waals surface area (Å²) in [5, 5.41) is 8.48. The van der Waals surface area contributed by atoms with E-state index >= 15 is 0 Å². The van der Waals surface area contributed by atoms with Crippen LogP contribution in [0.2, 0.25) is 0 Å². The molecule has 6 heteroatoms. The normalized spacial score (nSPS) is 10.4. The molecule has 0 unspecified atom stereocenters. The number of carbonyl (C=O) groups excluding carboxylic acids is 2. The number of carbonyl (C=O) groups is 3. The first-order valence-electron chi connectivity index (χ1n) is 7.63. The van der Waals surface area contributed by atoms with E-state index in [-0.39, 0.29) is 17.7 Å². The van der Waals surface area contributed by atoms with Gasteiger partial charge < -0.3 is 14.6 Å². The number of ether oxygens (including phenoxy) is 2. The lowest BCUT2D eigenvalue weighted by molar-refractivity contribution is 0.0454. The Bertz CT molecular complexity index is 550. The topological polar surface area (TPSA) is 89.9 Å². The second-order valence-corrected chi connectivity index (χ2v) is 5.58. The van der Waals surface area contributed by atoms with Gasteiger partial charge in [-0.25, -0.2) is 14.4 Å². The van der Waals surface area contributed by atoms with Crippen LogP contribution in [0.15, 0.2) is 24.3 Å². The summed E-state index contributed by atoms with van der Waals surface area (Å²) < 4.78 is 9.21. The molecule has 0 atom stereocenters. The molecule has 0 radical (unpaired) electrons. The molecule has 6 nitrogen and oxygen atoms in total. The summed E-state index contributed by atoms with van der Waals surface area (Å²) in [6.45, 7) is 4.58. The second kappa shape index (κ2) is 9.61. The van der Waals surface area contributed by atoms with Gasteiger partial charge in [-0.3, -0.25) is 0 Å². The minimum absolute atomic E-state index is 0.000861. The zero-order chi connectivity index (χ0) is 17.2. The highest BCUT2D eigenvalue weighted by atomic mass is 16.7. The summed E-state index contributed by atoms with van der Waals surface area (Å²) in [6.07, 6.45) is 2.21. The minimum atomic E-state index is -1.72. The third-order valence-electron chi connectivity index (χ3n) is 3.21. The van der Waals surface area contributed by atoms with Crippen LogP contribution in [0.3, 0.4) is 0 Å². The Balaban J connectivity index is 2.53. The third kappa shape index (κ3) is 6.95. The molecule has 0 heterocycles. The molecule has 0 aliphatic carbocycles. The SMILES string of the molecule is CC(C)CCCCCOC(=O)c1ccccc1C(=O)OC(=O)O. The molecular weight excluding hydrogens is 300 g/mol. The second-order valence-electron chi connectivity index (χ2n) is 5.58. The van der Waals surface area contributed by atoms with Crippen LogP contribution in [-0.4, -0.2) is 29.8 Å². The molecule has 0 fully saturated rings. The summed E-state index contributed by atoms with van der Waals surface area (Å²) in [5.41, 5.74) is -0.124. The van der Waals surface area contributed by atoms with E-state index in [1.54, 1.807) is 6.07 Å². The standard InChI is InChI=1S/C17H22O6/c1-12(2)8-4-3-7-11-22-15(18)13-9-5-6-10-14(13)16(19)23-17(20)21/h5-6,9-10,12H,3-4,7-8,11H2,1-2H3,(H,20,21). The van der Waals surface area contributed by atoms with Crippen molar-refractivity contribution < 1.29 is 29.0 Å². The lowest BCUT2D eigenvalue weighted by Crippen LogP contribution is -2.16. The van der Waals surface area contributed by atoms with Crippen LogP contribution in [0.25, 0.3) is 0 Å². The van der Waals surface area contributed by atoms with Crippen molar-refractivity contribution in [2.24, 2.45) is 5.92 Å². The van der Waals surface area contributed by atoms with Gasteiger partial charge in [0.15, 0.2) is 0 Å². The number of hydrogen-bond acceptors (Lipinski definition) is 5. The first-order valence-corrected chi connectivity index (χ1v) is 7.63. The molecule has 1 aromatic carbocycles. The Hall–Kier alpha value is -2.37. The van der Waals surface area contributed by atoms with Crippen LogP contribution in [0.4, 0.5) is 4.79 Å². The highest BCUT2D eigenvalue weighted by Gasteiger charge is 2.20. The van der Waals surface area contributed by atoms with Gasteiger partial charge in [0.2, 0.25) is 0 Å². The Kier molecular flexibility index (Phi) is 7.80. The minimum Gasteiger partial charge on any atom is -0.462 e. The van der Waals surface area contributed by atoms with Gasteiger partial charge in [0.05, 0.1) is 17.7 Å². The van der Waals surface area contributed by atoms with Crippen LogP contribution >= 0.6 is 0 Å². The van der Waals surface area contributed by atoms with E-state index in [0.717, 1.165) is 25.7 Å². The van der Waals surface area contributed by atoms with Crippen molar-refractivity contribution in [3.63, 3.8) is 0 Å². The molecule has 1 N–H and O–H groups in total. The van der Waals surface area contributed by atoms with Crippen molar-refractivity contribution in [3.8, 4) is 0 Å². The summed E-state index contributed by atoms with van der Waals surface area (Å²) in [5.74, 6) is -1.10. The maximum atomic E-state index is 12.0. The summed E-state index contributed by atoms with van der Waals surface area (Å²) in [6, 6.07) is 5.81. The molecule has 23 heavy (non-hydrogen) atoms. The van der Waals surface area contributed by atoms with Gasteiger partial charge in [-0.2, -0.15) is 0 Å². The molecule has 0 saturated heterocycles. The Morgan fingerprint density at radius 3 is 2.17 bits per heavy atom. The van der Waals surface area contributed by atoms with Crippen LogP contribution in [0.1, 0.15) is 60.2 Å². The Labute approximate surface area is 135 Å². The smallest absolute Gasteiger partial charge is 0.462 e. The van der Waals surface area contributed by atoms with Crippen molar-refractivity contribution in [1.29, 1.82) is 0 Å². The highest BCUT2D eigenvalue weighted by molar-refractivity contribution is 6.05. The lowest BCUT2D eigenvalue weighted by Gasteiger charge is -2.08. The fraction of sp³-hybridized carbons (Fsp3) is 0.471. The molecule has 0 aliphatic rings. The first kappa shape index (κ1) is 18.7. The Morgan fingerprint density at radius 2 is 1.61 bits per heavy atom. The summed E-state index contributed by atoms with van der Waals surface area (Å²) in [7, 11) is 0. The highest BCUT2D eigenvalue weighted by Crippen LogP contribution is 2.13. The third-order valence-corrected chi connectivity index (χ3v) is 3.21. The summed E-state index contributed by atoms with van der Waals surface area (Å²) >= 11 is 0. The number of rotatable bonds is 8. The van der Waals surface area contributed by atoms with Crippen molar-refractivity contribution in [2.75, 3.05) is 6.61 Å². The van der Waals surface area contributed by atoms with Gasteiger partial charge >= 0.3 is 18.1 Å². The molecule has 0 spiro atoms. The zero-order valence-corrected chi connectivity index (χ0v) is 13.4. The van der Waals surface area contributed by atoms with Crippen LogP contribution in [0.5, 0.6) is 0 Å². The fourth-order valence-corrected chi connectivity index (χ4v) is 2.05. The fourth-order valence-electron chi connectivity index (χ4n) is 2.05. The van der Waals surface area contributed by atoms with Crippen molar-refractivity contribution in [1.82, 2.24) is 0 Å². The number of benzene rings is 1. The number of carboxylic acid groups (broad SMARTS) is 1. The molecule has 1 aromatic rings. The molecular formula is C17H22O6. The molecule has 0 aliphatic heterocycles. The number of unbranched alkanes of at least 4 members (excludes halogenated alkanes) is 2. The van der Waals surface area contributed by atoms with E-state index in [1.165, 1.54) is 18.2 Å². The molecule has 126 valence electrons. The van der Waals surface area contributed by atoms with E-state index in [2.05, 4.69) is 18.6 Å². The predicted octanol–water partition coefficient (Wildman–Crippen LogP) is 3.89. The van der Waals surface area contributed by atoms with Crippen molar-refractivity contribution >= 4 is 18.1 Å².